The number of ether oxygens (including phenoxy) is 1. The average molecular weight is 228 g/mol. The van der Waals surface area contributed by atoms with Crippen LogP contribution in [-0.4, -0.2) is 36.3 Å². The highest BCUT2D eigenvalue weighted by molar-refractivity contribution is 5.70. The van der Waals surface area contributed by atoms with Gasteiger partial charge in [0.2, 0.25) is 0 Å². The summed E-state index contributed by atoms with van der Waals surface area (Å²) in [5.74, 6) is -0.894. The molecule has 0 aromatic heterocycles. The maximum absolute atomic E-state index is 13.2. The molecule has 0 unspecified atom stereocenters. The van der Waals surface area contributed by atoms with Gasteiger partial charge in [0, 0.05) is 25.3 Å². The average Bonchev–Trinajstić information content (AvgIpc) is 2.23. The van der Waals surface area contributed by atoms with E-state index in [9.17, 15) is 9.18 Å². The van der Waals surface area contributed by atoms with Gasteiger partial charge in [-0.1, -0.05) is 0 Å². The predicted molar refractivity (Wildman–Crippen MR) is 56.6 cm³/mol. The number of nitrogens with two attached hydrogens (primary N) is 1. The Kier molecular flexibility index (Phi) is 4.07. The summed E-state index contributed by atoms with van der Waals surface area (Å²) in [5.41, 5.74) is 5.73. The third-order valence-electron chi connectivity index (χ3n) is 1.90. The fourth-order valence-electron chi connectivity index (χ4n) is 1.01. The predicted octanol–water partition coefficient (Wildman–Crippen LogP) is 0.831. The van der Waals surface area contributed by atoms with Crippen molar-refractivity contribution < 1.29 is 19.0 Å². The van der Waals surface area contributed by atoms with Crippen LogP contribution < -0.4 is 10.5 Å². The number of halogens is 1. The van der Waals surface area contributed by atoms with Crippen molar-refractivity contribution in [3.8, 4) is 5.75 Å². The van der Waals surface area contributed by atoms with Gasteiger partial charge in [-0.2, -0.15) is 0 Å². The van der Waals surface area contributed by atoms with Crippen LogP contribution in [0.4, 0.5) is 14.9 Å². The number of nitrogens with zero attached hydrogens (tertiary/aromatic N) is 1. The van der Waals surface area contributed by atoms with Crippen LogP contribution in [-0.2, 0) is 0 Å². The number of likely N-dealkylation sites (N-methyl/N-ethyl adjacent to an activating group) is 1. The first-order valence-electron chi connectivity index (χ1n) is 4.63. The van der Waals surface area contributed by atoms with Crippen molar-refractivity contribution in [2.45, 2.75) is 0 Å². The first-order chi connectivity index (χ1) is 7.54. The normalized spacial score (nSPS) is 9.94. The maximum atomic E-state index is 13.2. The van der Waals surface area contributed by atoms with Crippen molar-refractivity contribution in [2.75, 3.05) is 25.9 Å². The van der Waals surface area contributed by atoms with E-state index in [0.29, 0.717) is 5.69 Å². The number of anilines is 1. The lowest BCUT2D eigenvalue weighted by Crippen LogP contribution is -2.32. The Balaban J connectivity index is 2.72. The number of nitrogen functional groups attached to an aromatic ring is 1. The van der Waals surface area contributed by atoms with E-state index in [-0.39, 0.29) is 18.9 Å². The molecular weight excluding hydrogens is 215 g/mol. The first-order valence-corrected chi connectivity index (χ1v) is 4.63. The SMILES string of the molecule is CN(CCO)C(=O)Oc1cc(N)ccc1F. The molecule has 1 aromatic carbocycles. The van der Waals surface area contributed by atoms with Crippen molar-refractivity contribution in [1.82, 2.24) is 4.90 Å². The van der Waals surface area contributed by atoms with Gasteiger partial charge in [0.15, 0.2) is 11.6 Å². The third kappa shape index (κ3) is 3.09. The molecule has 0 bridgehead atoms. The van der Waals surface area contributed by atoms with Crippen LogP contribution in [0.25, 0.3) is 0 Å². The van der Waals surface area contributed by atoms with Gasteiger partial charge in [0.05, 0.1) is 6.61 Å². The van der Waals surface area contributed by atoms with E-state index in [1.165, 1.54) is 19.2 Å². The van der Waals surface area contributed by atoms with Crippen molar-refractivity contribution in [1.29, 1.82) is 0 Å². The van der Waals surface area contributed by atoms with E-state index in [4.69, 9.17) is 15.6 Å². The van der Waals surface area contributed by atoms with Crippen molar-refractivity contribution in [2.24, 2.45) is 0 Å². The van der Waals surface area contributed by atoms with Crippen LogP contribution in [0.1, 0.15) is 0 Å². The minimum atomic E-state index is -0.751. The number of hydrogen-bond acceptors (Lipinski definition) is 4. The number of rotatable bonds is 3. The van der Waals surface area contributed by atoms with E-state index in [0.717, 1.165) is 11.0 Å². The molecule has 0 aliphatic rings. The van der Waals surface area contributed by atoms with Crippen LogP contribution in [0.3, 0.4) is 0 Å². The summed E-state index contributed by atoms with van der Waals surface area (Å²) in [6.45, 7) is -0.0756. The molecule has 0 aliphatic heterocycles. The van der Waals surface area contributed by atoms with Crippen LogP contribution in [0.5, 0.6) is 5.75 Å². The Bertz CT molecular complexity index is 384. The van der Waals surface area contributed by atoms with Crippen LogP contribution in [0.2, 0.25) is 0 Å². The molecule has 1 amide bonds. The lowest BCUT2D eigenvalue weighted by Gasteiger charge is -2.15. The van der Waals surface area contributed by atoms with Gasteiger partial charge in [0.1, 0.15) is 0 Å². The number of carbonyl (C=O) groups is 1. The summed E-state index contributed by atoms with van der Waals surface area (Å²) in [7, 11) is 1.43. The highest BCUT2D eigenvalue weighted by Crippen LogP contribution is 2.20. The molecule has 0 atom stereocenters. The second-order valence-corrected chi connectivity index (χ2v) is 3.20. The first kappa shape index (κ1) is 12.3. The summed E-state index contributed by atoms with van der Waals surface area (Å²) >= 11 is 0. The fourth-order valence-corrected chi connectivity index (χ4v) is 1.01. The van der Waals surface area contributed by atoms with Crippen molar-refractivity contribution >= 4 is 11.8 Å². The summed E-state index contributed by atoms with van der Waals surface area (Å²) in [4.78, 5) is 12.5. The largest absolute Gasteiger partial charge is 0.415 e. The number of hydrogen-bond donors (Lipinski definition) is 2. The standard InChI is InChI=1S/C10H13FN2O3/c1-13(4-5-14)10(15)16-9-6-7(12)2-3-8(9)11/h2-3,6,14H,4-5,12H2,1H3. The highest BCUT2D eigenvalue weighted by atomic mass is 19.1. The third-order valence-corrected chi connectivity index (χ3v) is 1.90. The fraction of sp³-hybridized carbons (Fsp3) is 0.300. The molecule has 1 aromatic rings. The van der Waals surface area contributed by atoms with E-state index in [1.807, 2.05) is 0 Å². The molecule has 1 rings (SSSR count). The molecule has 0 radical (unpaired) electrons. The Hall–Kier alpha value is -1.82. The highest BCUT2D eigenvalue weighted by Gasteiger charge is 2.13. The zero-order chi connectivity index (χ0) is 12.1. The number of aliphatic hydroxyl groups excluding tert-OH is 1. The summed E-state index contributed by atoms with van der Waals surface area (Å²) in [6.07, 6.45) is -0.751. The number of amides is 1. The van der Waals surface area contributed by atoms with Crippen LogP contribution in [0, 0.1) is 5.82 Å². The molecule has 0 fully saturated rings. The Morgan fingerprint density at radius 1 is 1.62 bits per heavy atom. The van der Waals surface area contributed by atoms with Crippen LogP contribution >= 0.6 is 0 Å². The zero-order valence-electron chi connectivity index (χ0n) is 8.81. The van der Waals surface area contributed by atoms with Gasteiger partial charge in [-0.15, -0.1) is 0 Å². The van der Waals surface area contributed by atoms with Crippen molar-refractivity contribution in [3.05, 3.63) is 24.0 Å². The lowest BCUT2D eigenvalue weighted by molar-refractivity contribution is 0.149. The molecule has 5 nitrogen and oxygen atoms in total. The Labute approximate surface area is 92.2 Å². The van der Waals surface area contributed by atoms with Gasteiger partial charge >= 0.3 is 6.09 Å². The van der Waals surface area contributed by atoms with Gasteiger partial charge in [-0.05, 0) is 12.1 Å². The molecule has 0 saturated heterocycles. The smallest absolute Gasteiger partial charge is 0.407 e. The van der Waals surface area contributed by atoms with E-state index >= 15 is 0 Å². The Morgan fingerprint density at radius 3 is 2.94 bits per heavy atom. The maximum Gasteiger partial charge on any atom is 0.415 e. The quantitative estimate of drug-likeness (QED) is 0.751. The number of aliphatic hydroxyl groups is 1. The molecule has 0 aliphatic carbocycles. The minimum absolute atomic E-state index is 0.114. The molecule has 3 N–H and O–H groups in total. The number of benzene rings is 1. The summed E-state index contributed by atoms with van der Waals surface area (Å²) < 4.78 is 17.9. The van der Waals surface area contributed by atoms with Gasteiger partial charge in [0.25, 0.3) is 0 Å². The second kappa shape index (κ2) is 5.32. The molecule has 0 heterocycles. The molecule has 0 saturated carbocycles. The molecule has 16 heavy (non-hydrogen) atoms. The zero-order valence-corrected chi connectivity index (χ0v) is 8.81. The van der Waals surface area contributed by atoms with E-state index in [2.05, 4.69) is 0 Å². The Morgan fingerprint density at radius 2 is 2.31 bits per heavy atom. The van der Waals surface area contributed by atoms with Crippen LogP contribution in [0.15, 0.2) is 18.2 Å². The van der Waals surface area contributed by atoms with Gasteiger partial charge in [-0.25, -0.2) is 9.18 Å². The van der Waals surface area contributed by atoms with Gasteiger partial charge < -0.3 is 20.5 Å². The monoisotopic (exact) mass is 228 g/mol. The second-order valence-electron chi connectivity index (χ2n) is 3.20. The van der Waals surface area contributed by atoms with E-state index < -0.39 is 11.9 Å². The summed E-state index contributed by atoms with van der Waals surface area (Å²) in [5, 5.41) is 8.61. The van der Waals surface area contributed by atoms with Gasteiger partial charge in [-0.3, -0.25) is 0 Å². The molecule has 6 heteroatoms. The van der Waals surface area contributed by atoms with E-state index in [1.54, 1.807) is 0 Å². The molecule has 0 spiro atoms. The topological polar surface area (TPSA) is 75.8 Å². The molecular formula is C10H13FN2O3. The summed E-state index contributed by atoms with van der Waals surface area (Å²) in [6, 6.07) is 3.70. The minimum Gasteiger partial charge on any atom is -0.407 e. The molecule has 88 valence electrons. The number of carbonyl (C=O) groups excluding carboxylic acids is 1. The lowest BCUT2D eigenvalue weighted by atomic mass is 10.3. The van der Waals surface area contributed by atoms with Crippen molar-refractivity contribution in [3.63, 3.8) is 0 Å².